The van der Waals surface area contributed by atoms with Gasteiger partial charge in [-0.3, -0.25) is 4.72 Å². The molecule has 0 unspecified atom stereocenters. The summed E-state index contributed by atoms with van der Waals surface area (Å²) in [6.07, 6.45) is 0. The van der Waals surface area contributed by atoms with Gasteiger partial charge in [0.1, 0.15) is 5.75 Å². The number of rotatable bonds is 3. The van der Waals surface area contributed by atoms with Crippen molar-refractivity contribution in [2.75, 3.05) is 4.72 Å². The Morgan fingerprint density at radius 3 is 2.35 bits per heavy atom. The second-order valence-corrected chi connectivity index (χ2v) is 7.20. The zero-order valence-electron chi connectivity index (χ0n) is 9.77. The topological polar surface area (TPSA) is 66.4 Å². The fraction of sp³-hybridized carbons (Fsp3) is 0. The van der Waals surface area contributed by atoms with Crippen molar-refractivity contribution in [3.63, 3.8) is 0 Å². The third kappa shape index (κ3) is 3.38. The molecule has 0 aliphatic heterocycles. The van der Waals surface area contributed by atoms with E-state index in [0.717, 1.165) is 0 Å². The molecule has 2 rings (SSSR count). The number of sulfonamides is 1. The van der Waals surface area contributed by atoms with Gasteiger partial charge in [-0.2, -0.15) is 0 Å². The van der Waals surface area contributed by atoms with Crippen molar-refractivity contribution in [1.29, 1.82) is 0 Å². The van der Waals surface area contributed by atoms with Crippen molar-refractivity contribution < 1.29 is 13.5 Å². The number of anilines is 1. The number of aromatic hydroxyl groups is 1. The zero-order valence-corrected chi connectivity index (χ0v) is 13.7. The Bertz CT molecular complexity index is 765. The Morgan fingerprint density at radius 1 is 1.05 bits per heavy atom. The molecule has 2 aromatic rings. The highest BCUT2D eigenvalue weighted by atomic mass is 79.9. The summed E-state index contributed by atoms with van der Waals surface area (Å²) in [7, 11) is -3.79. The van der Waals surface area contributed by atoms with Gasteiger partial charge in [-0.05, 0) is 46.3 Å². The van der Waals surface area contributed by atoms with Gasteiger partial charge < -0.3 is 5.11 Å². The summed E-state index contributed by atoms with van der Waals surface area (Å²) in [5, 5.41) is 9.74. The Labute approximate surface area is 134 Å². The fourth-order valence-electron chi connectivity index (χ4n) is 1.43. The first-order chi connectivity index (χ1) is 9.29. The highest BCUT2D eigenvalue weighted by Crippen LogP contribution is 2.30. The Balaban J connectivity index is 2.38. The Morgan fingerprint density at radius 2 is 1.75 bits per heavy atom. The van der Waals surface area contributed by atoms with Gasteiger partial charge in [0.05, 0.1) is 20.6 Å². The maximum absolute atomic E-state index is 12.2. The number of benzene rings is 2. The zero-order chi connectivity index (χ0) is 14.9. The molecule has 0 spiro atoms. The maximum atomic E-state index is 12.2. The van der Waals surface area contributed by atoms with Gasteiger partial charge in [-0.15, -0.1) is 0 Å². The van der Waals surface area contributed by atoms with E-state index in [2.05, 4.69) is 20.7 Å². The van der Waals surface area contributed by atoms with Crippen molar-refractivity contribution in [1.82, 2.24) is 0 Å². The van der Waals surface area contributed by atoms with E-state index >= 15 is 0 Å². The quantitative estimate of drug-likeness (QED) is 0.761. The van der Waals surface area contributed by atoms with Crippen molar-refractivity contribution >= 4 is 54.8 Å². The molecule has 0 fully saturated rings. The van der Waals surface area contributed by atoms with Crippen molar-refractivity contribution in [3.05, 3.63) is 50.9 Å². The molecule has 0 aromatic heterocycles. The summed E-state index contributed by atoms with van der Waals surface area (Å²) < 4.78 is 27.2. The van der Waals surface area contributed by atoms with E-state index in [-0.39, 0.29) is 21.4 Å². The monoisotopic (exact) mass is 395 g/mol. The minimum Gasteiger partial charge on any atom is -0.508 e. The van der Waals surface area contributed by atoms with Crippen LogP contribution in [0.4, 0.5) is 5.69 Å². The van der Waals surface area contributed by atoms with Gasteiger partial charge in [0.25, 0.3) is 10.0 Å². The van der Waals surface area contributed by atoms with Gasteiger partial charge in [-0.25, -0.2) is 8.42 Å². The number of hydrogen-bond acceptors (Lipinski definition) is 3. The summed E-state index contributed by atoms with van der Waals surface area (Å²) in [5.41, 5.74) is 0.176. The summed E-state index contributed by atoms with van der Waals surface area (Å²) in [4.78, 5) is 0.0397. The molecule has 0 heterocycles. The van der Waals surface area contributed by atoms with Gasteiger partial charge >= 0.3 is 0 Å². The molecule has 0 aliphatic rings. The average molecular weight is 397 g/mol. The normalized spacial score (nSPS) is 11.3. The standard InChI is InChI=1S/C12H8BrCl2NO3S/c13-9-6-8(2-3-10(9)14)20(18,19)16-12-4-1-7(17)5-11(12)15/h1-6,16-17H. The molecule has 4 nitrogen and oxygen atoms in total. The van der Waals surface area contributed by atoms with Gasteiger partial charge in [0, 0.05) is 10.5 Å². The SMILES string of the molecule is O=S(=O)(Nc1ccc(O)cc1Cl)c1ccc(Cl)c(Br)c1. The average Bonchev–Trinajstić information content (AvgIpc) is 2.36. The molecule has 2 aromatic carbocycles. The number of halogens is 3. The van der Waals surface area contributed by atoms with Gasteiger partial charge in [0.2, 0.25) is 0 Å². The summed E-state index contributed by atoms with van der Waals surface area (Å²) >= 11 is 14.8. The molecule has 0 atom stereocenters. The summed E-state index contributed by atoms with van der Waals surface area (Å²) in [6.45, 7) is 0. The van der Waals surface area contributed by atoms with Crippen LogP contribution < -0.4 is 4.72 Å². The van der Waals surface area contributed by atoms with Crippen LogP contribution in [0, 0.1) is 0 Å². The number of phenolic OH excluding ortho intramolecular Hbond substituents is 1. The largest absolute Gasteiger partial charge is 0.508 e. The van der Waals surface area contributed by atoms with Crippen molar-refractivity contribution in [3.8, 4) is 5.75 Å². The van der Waals surface area contributed by atoms with Crippen molar-refractivity contribution in [2.45, 2.75) is 4.90 Å². The van der Waals surface area contributed by atoms with E-state index in [9.17, 15) is 13.5 Å². The van der Waals surface area contributed by atoms with Crippen LogP contribution in [-0.4, -0.2) is 13.5 Å². The van der Waals surface area contributed by atoms with Crippen LogP contribution in [0.3, 0.4) is 0 Å². The minimum atomic E-state index is -3.79. The molecule has 8 heteroatoms. The second kappa shape index (κ2) is 5.81. The Hall–Kier alpha value is -0.950. The summed E-state index contributed by atoms with van der Waals surface area (Å²) in [6, 6.07) is 8.19. The Kier molecular flexibility index (Phi) is 4.49. The lowest BCUT2D eigenvalue weighted by atomic mass is 10.3. The summed E-state index contributed by atoms with van der Waals surface area (Å²) in [5.74, 6) is -0.0489. The first-order valence-corrected chi connectivity index (χ1v) is 8.29. The predicted octanol–water partition coefficient (Wildman–Crippen LogP) is 4.26. The molecule has 0 saturated carbocycles. The van der Waals surface area contributed by atoms with Crippen LogP contribution in [0.1, 0.15) is 0 Å². The number of phenols is 1. The van der Waals surface area contributed by atoms with E-state index in [1.54, 1.807) is 0 Å². The minimum absolute atomic E-state index is 0.0397. The third-order valence-corrected chi connectivity index (χ3v) is 5.29. The van der Waals surface area contributed by atoms with Crippen LogP contribution in [0.25, 0.3) is 0 Å². The molecule has 0 radical (unpaired) electrons. The van der Waals surface area contributed by atoms with E-state index in [1.807, 2.05) is 0 Å². The number of nitrogens with one attached hydrogen (secondary N) is 1. The molecule has 0 amide bonds. The highest BCUT2D eigenvalue weighted by Gasteiger charge is 2.17. The van der Waals surface area contributed by atoms with Gasteiger partial charge in [-0.1, -0.05) is 23.2 Å². The molecule has 0 bridgehead atoms. The lowest BCUT2D eigenvalue weighted by Gasteiger charge is -2.10. The smallest absolute Gasteiger partial charge is 0.261 e. The molecule has 106 valence electrons. The molecular weight excluding hydrogens is 389 g/mol. The highest BCUT2D eigenvalue weighted by molar-refractivity contribution is 9.10. The lowest BCUT2D eigenvalue weighted by molar-refractivity contribution is 0.475. The van der Waals surface area contributed by atoms with E-state index in [0.29, 0.717) is 9.50 Å². The van der Waals surface area contributed by atoms with Crippen molar-refractivity contribution in [2.24, 2.45) is 0 Å². The molecule has 0 saturated heterocycles. The number of hydrogen-bond donors (Lipinski definition) is 2. The van der Waals surface area contributed by atoms with Gasteiger partial charge in [0.15, 0.2) is 0 Å². The van der Waals surface area contributed by atoms with E-state index in [1.165, 1.54) is 36.4 Å². The predicted molar refractivity (Wildman–Crippen MR) is 83.1 cm³/mol. The van der Waals surface area contributed by atoms with Crippen LogP contribution in [0.5, 0.6) is 5.75 Å². The van der Waals surface area contributed by atoms with Crippen LogP contribution >= 0.6 is 39.1 Å². The third-order valence-electron chi connectivity index (χ3n) is 2.40. The lowest BCUT2D eigenvalue weighted by Crippen LogP contribution is -2.13. The first-order valence-electron chi connectivity index (χ1n) is 5.26. The first kappa shape index (κ1) is 15.4. The molecule has 0 aliphatic carbocycles. The molecule has 20 heavy (non-hydrogen) atoms. The maximum Gasteiger partial charge on any atom is 0.261 e. The second-order valence-electron chi connectivity index (χ2n) is 3.85. The van der Waals surface area contributed by atoms with E-state index < -0.39 is 10.0 Å². The fourth-order valence-corrected chi connectivity index (χ4v) is 3.47. The van der Waals surface area contributed by atoms with E-state index in [4.69, 9.17) is 23.2 Å². The van der Waals surface area contributed by atoms with Crippen LogP contribution in [0.15, 0.2) is 45.8 Å². The van der Waals surface area contributed by atoms with Crippen LogP contribution in [-0.2, 0) is 10.0 Å². The van der Waals surface area contributed by atoms with Crippen LogP contribution in [0.2, 0.25) is 10.0 Å². The molecule has 2 N–H and O–H groups in total. The molecular formula is C12H8BrCl2NO3S.